The Hall–Kier alpha value is -1.07. The van der Waals surface area contributed by atoms with E-state index in [1.54, 1.807) is 4.72 Å². The van der Waals surface area contributed by atoms with Gasteiger partial charge in [-0.1, -0.05) is 17.7 Å². The smallest absolute Gasteiger partial charge is 0.290 e. The molecule has 0 radical (unpaired) electrons. The van der Waals surface area contributed by atoms with Crippen molar-refractivity contribution in [2.75, 3.05) is 13.1 Å². The predicted octanol–water partition coefficient (Wildman–Crippen LogP) is 1.54. The number of benzene rings is 1. The van der Waals surface area contributed by atoms with E-state index in [0.717, 1.165) is 12.1 Å². The lowest BCUT2D eigenvalue weighted by Gasteiger charge is -2.15. The van der Waals surface area contributed by atoms with Crippen molar-refractivity contribution >= 4 is 39.7 Å². The van der Waals surface area contributed by atoms with Gasteiger partial charge in [-0.3, -0.25) is 10.1 Å². The van der Waals surface area contributed by atoms with Gasteiger partial charge in [0.1, 0.15) is 0 Å². The Morgan fingerprint density at radius 1 is 1.43 bits per heavy atom. The average Bonchev–Trinajstić information content (AvgIpc) is 2.36. The molecule has 21 heavy (non-hydrogen) atoms. The number of nitrogens with two attached hydrogens (primary N) is 1. The number of hydrogen-bond donors (Lipinski definition) is 2. The normalized spacial score (nSPS) is 11.8. The summed E-state index contributed by atoms with van der Waals surface area (Å²) in [6.07, 6.45) is 0. The van der Waals surface area contributed by atoms with E-state index in [-0.39, 0.29) is 12.4 Å². The highest BCUT2D eigenvalue weighted by Crippen LogP contribution is 2.30. The minimum absolute atomic E-state index is 0. The quantitative estimate of drug-likeness (QED) is 0.585. The van der Waals surface area contributed by atoms with E-state index in [0.29, 0.717) is 0 Å². The van der Waals surface area contributed by atoms with Gasteiger partial charge in [-0.2, -0.15) is 0 Å². The van der Waals surface area contributed by atoms with E-state index in [9.17, 15) is 27.3 Å². The summed E-state index contributed by atoms with van der Waals surface area (Å²) in [7, 11) is -4.57. The van der Waals surface area contributed by atoms with Gasteiger partial charge in [0.15, 0.2) is 4.90 Å². The molecule has 1 aromatic rings. The number of nitrogens with one attached hydrogen (secondary N) is 1. The van der Waals surface area contributed by atoms with E-state index >= 15 is 0 Å². The van der Waals surface area contributed by atoms with E-state index < -0.39 is 49.6 Å². The third-order valence-electron chi connectivity index (χ3n) is 2.23. The van der Waals surface area contributed by atoms with Crippen LogP contribution in [0.5, 0.6) is 0 Å². The molecule has 120 valence electrons. The minimum Gasteiger partial charge on any atom is -0.325 e. The van der Waals surface area contributed by atoms with Crippen LogP contribution in [0.25, 0.3) is 0 Å². The number of sulfonamides is 1. The minimum atomic E-state index is -4.57. The maximum Gasteiger partial charge on any atom is 0.290 e. The molecule has 7 nitrogen and oxygen atoms in total. The van der Waals surface area contributed by atoms with Crippen LogP contribution < -0.4 is 10.5 Å². The summed E-state index contributed by atoms with van der Waals surface area (Å²) in [5.41, 5.74) is 3.96. The molecule has 0 saturated heterocycles. The number of nitro benzene ring substituents is 1. The summed E-state index contributed by atoms with van der Waals surface area (Å²) in [5.74, 6) is -3.47. The van der Waals surface area contributed by atoms with Crippen LogP contribution in [0.3, 0.4) is 0 Å². The Kier molecular flexibility index (Phi) is 6.90. The molecule has 0 aliphatic rings. The van der Waals surface area contributed by atoms with Crippen LogP contribution in [0.15, 0.2) is 23.1 Å². The van der Waals surface area contributed by atoms with Gasteiger partial charge < -0.3 is 5.73 Å². The number of halogens is 4. The Labute approximate surface area is 130 Å². The molecule has 0 aromatic heterocycles. The van der Waals surface area contributed by atoms with Crippen LogP contribution in [-0.2, 0) is 10.0 Å². The van der Waals surface area contributed by atoms with Gasteiger partial charge in [0.05, 0.1) is 23.0 Å². The highest BCUT2D eigenvalue weighted by Gasteiger charge is 2.33. The Balaban J connectivity index is 0.00000400. The molecule has 12 heteroatoms. The first kappa shape index (κ1) is 19.9. The highest BCUT2D eigenvalue weighted by molar-refractivity contribution is 7.89. The third kappa shape index (κ3) is 5.00. The first-order valence-electron chi connectivity index (χ1n) is 5.11. The molecule has 3 N–H and O–H groups in total. The van der Waals surface area contributed by atoms with Crippen molar-refractivity contribution in [3.8, 4) is 0 Å². The topological polar surface area (TPSA) is 115 Å². The summed E-state index contributed by atoms with van der Waals surface area (Å²) >= 11 is 5.61. The van der Waals surface area contributed by atoms with Crippen molar-refractivity contribution in [3.05, 3.63) is 33.3 Å². The number of hydrogen-bond acceptors (Lipinski definition) is 5. The fourth-order valence-corrected chi connectivity index (χ4v) is 3.01. The van der Waals surface area contributed by atoms with Crippen LogP contribution in [0.2, 0.25) is 5.02 Å². The molecule has 0 unspecified atom stereocenters. The fraction of sp³-hybridized carbons (Fsp3) is 0.333. The van der Waals surface area contributed by atoms with Crippen molar-refractivity contribution < 1.29 is 22.1 Å². The van der Waals surface area contributed by atoms with Crippen LogP contribution in [0.4, 0.5) is 14.5 Å². The molecule has 1 rings (SSSR count). The second-order valence-electron chi connectivity index (χ2n) is 3.73. The number of alkyl halides is 2. The highest BCUT2D eigenvalue weighted by atomic mass is 35.5. The van der Waals surface area contributed by atoms with E-state index in [4.69, 9.17) is 17.3 Å². The maximum absolute atomic E-state index is 12.9. The zero-order valence-corrected chi connectivity index (χ0v) is 12.6. The second-order valence-corrected chi connectivity index (χ2v) is 5.84. The van der Waals surface area contributed by atoms with Crippen molar-refractivity contribution in [2.45, 2.75) is 10.8 Å². The number of nitro groups is 1. The SMILES string of the molecule is Cl.NCC(F)(F)CNS(=O)(=O)c1c(Cl)cccc1[N+](=O)[O-]. The molecular formula is C9H11Cl2F2N3O4S. The zero-order chi connectivity index (χ0) is 15.6. The lowest BCUT2D eigenvalue weighted by molar-refractivity contribution is -0.387. The monoisotopic (exact) mass is 365 g/mol. The first-order chi connectivity index (χ1) is 9.10. The van der Waals surface area contributed by atoms with Gasteiger partial charge >= 0.3 is 0 Å². The summed E-state index contributed by atoms with van der Waals surface area (Å²) in [4.78, 5) is 8.93. The maximum atomic E-state index is 12.9. The molecule has 0 aliphatic carbocycles. The van der Waals surface area contributed by atoms with Gasteiger partial charge in [0, 0.05) is 6.07 Å². The molecule has 0 spiro atoms. The largest absolute Gasteiger partial charge is 0.325 e. The summed E-state index contributed by atoms with van der Waals surface area (Å²) in [6.45, 7) is -2.35. The van der Waals surface area contributed by atoms with Gasteiger partial charge in [0.2, 0.25) is 10.0 Å². The fourth-order valence-electron chi connectivity index (χ4n) is 1.25. The summed E-state index contributed by atoms with van der Waals surface area (Å²) < 4.78 is 51.2. The van der Waals surface area contributed by atoms with Gasteiger partial charge in [-0.05, 0) is 6.07 Å². The molecule has 1 aromatic carbocycles. The van der Waals surface area contributed by atoms with Crippen LogP contribution in [0, 0.1) is 10.1 Å². The lowest BCUT2D eigenvalue weighted by atomic mass is 10.3. The third-order valence-corrected chi connectivity index (χ3v) is 4.15. The average molecular weight is 366 g/mol. The standard InChI is InChI=1S/C9H10ClF2N3O4S.ClH/c10-6-2-1-3-7(15(16)17)8(6)20(18,19)14-5-9(11,12)4-13;/h1-3,14H,4-5,13H2;1H. The molecule has 0 fully saturated rings. The number of nitrogens with zero attached hydrogens (tertiary/aromatic N) is 1. The van der Waals surface area contributed by atoms with Crippen molar-refractivity contribution in [3.63, 3.8) is 0 Å². The summed E-state index contributed by atoms with van der Waals surface area (Å²) in [6, 6.07) is 3.18. The van der Waals surface area contributed by atoms with E-state index in [1.807, 2.05) is 0 Å². The zero-order valence-electron chi connectivity index (χ0n) is 10.3. The lowest BCUT2D eigenvalue weighted by Crippen LogP contribution is -2.41. The Bertz CT molecular complexity index is 627. The Morgan fingerprint density at radius 3 is 2.48 bits per heavy atom. The molecule has 0 bridgehead atoms. The second kappa shape index (κ2) is 7.27. The molecule has 0 saturated carbocycles. The summed E-state index contributed by atoms with van der Waals surface area (Å²) in [5, 5.41) is 10.3. The van der Waals surface area contributed by atoms with Crippen LogP contribution in [0.1, 0.15) is 0 Å². The van der Waals surface area contributed by atoms with Crippen molar-refractivity contribution in [1.29, 1.82) is 0 Å². The van der Waals surface area contributed by atoms with Crippen LogP contribution in [-0.4, -0.2) is 32.4 Å². The molecule has 0 aliphatic heterocycles. The Morgan fingerprint density at radius 2 is 2.00 bits per heavy atom. The van der Waals surface area contributed by atoms with Crippen molar-refractivity contribution in [2.24, 2.45) is 5.73 Å². The molecule has 0 heterocycles. The van der Waals surface area contributed by atoms with Gasteiger partial charge in [-0.25, -0.2) is 21.9 Å². The predicted molar refractivity (Wildman–Crippen MR) is 74.5 cm³/mol. The van der Waals surface area contributed by atoms with Gasteiger partial charge in [-0.15, -0.1) is 12.4 Å². The first-order valence-corrected chi connectivity index (χ1v) is 6.97. The van der Waals surface area contributed by atoms with E-state index in [2.05, 4.69) is 0 Å². The number of rotatable bonds is 6. The van der Waals surface area contributed by atoms with Crippen LogP contribution >= 0.6 is 24.0 Å². The molecule has 0 atom stereocenters. The van der Waals surface area contributed by atoms with Gasteiger partial charge in [0.25, 0.3) is 11.6 Å². The van der Waals surface area contributed by atoms with E-state index in [1.165, 1.54) is 6.07 Å². The van der Waals surface area contributed by atoms with Crippen molar-refractivity contribution in [1.82, 2.24) is 4.72 Å². The molecule has 0 amide bonds. The molecular weight excluding hydrogens is 355 g/mol.